The maximum Gasteiger partial charge on any atom is 0.234 e. The summed E-state index contributed by atoms with van der Waals surface area (Å²) in [7, 11) is 0. The second-order valence-electron chi connectivity index (χ2n) is 5.18. The Kier molecular flexibility index (Phi) is 7.49. The van der Waals surface area contributed by atoms with Gasteiger partial charge < -0.3 is 22.1 Å². The van der Waals surface area contributed by atoms with Crippen molar-refractivity contribution in [2.24, 2.45) is 0 Å². The zero-order valence-electron chi connectivity index (χ0n) is 14.4. The molecule has 0 bridgehead atoms. The number of carbonyl (C=O) groups is 2. The van der Waals surface area contributed by atoms with E-state index in [9.17, 15) is 9.59 Å². The molecule has 6 N–H and O–H groups in total. The molecule has 2 amide bonds. The van der Waals surface area contributed by atoms with Crippen LogP contribution < -0.4 is 22.1 Å². The molecular weight excluding hydrogens is 476 g/mol. The Hall–Kier alpha value is -2.13. The highest BCUT2D eigenvalue weighted by molar-refractivity contribution is 8.02. The van der Waals surface area contributed by atoms with Crippen molar-refractivity contribution < 1.29 is 9.59 Å². The van der Waals surface area contributed by atoms with Gasteiger partial charge >= 0.3 is 0 Å². The molecule has 0 radical (unpaired) electrons. The third-order valence-electron chi connectivity index (χ3n) is 3.02. The van der Waals surface area contributed by atoms with Gasteiger partial charge in [-0.05, 0) is 18.2 Å². The number of benzene rings is 1. The van der Waals surface area contributed by atoms with Gasteiger partial charge in [-0.25, -0.2) is 0 Å². The Morgan fingerprint density at radius 2 is 1.48 bits per heavy atom. The number of nitrogens with two attached hydrogens (primary N) is 2. The predicted molar refractivity (Wildman–Crippen MR) is 119 cm³/mol. The van der Waals surface area contributed by atoms with Gasteiger partial charge in [0.1, 0.15) is 0 Å². The number of carbonyl (C=O) groups excluding carboxylic acids is 2. The molecule has 0 atom stereocenters. The topological polar surface area (TPSA) is 162 Å². The van der Waals surface area contributed by atoms with Gasteiger partial charge in [-0.3, -0.25) is 9.59 Å². The largest absolute Gasteiger partial charge is 0.374 e. The summed E-state index contributed by atoms with van der Waals surface area (Å²) < 4.78 is 1.22. The van der Waals surface area contributed by atoms with Gasteiger partial charge in [0.25, 0.3) is 0 Å². The molecule has 0 fully saturated rings. The maximum absolute atomic E-state index is 12.1. The van der Waals surface area contributed by atoms with Crippen LogP contribution in [0.25, 0.3) is 0 Å². The number of nitrogens with zero attached hydrogens (tertiary/aromatic N) is 4. The standard InChI is InChI=1S/C14H13ClN8O2S4/c15-7-3-6(18-9(24)4-26-13-22-20-11(16)28-13)1-2-8(7)19-10(25)5-27-14-23-21-12(17)29-14/h1-3H,4-5H2,(H2,16,20)(H2,17,21)(H,18,24)(H,19,25). The molecule has 2 aromatic heterocycles. The number of rotatable bonds is 8. The highest BCUT2D eigenvalue weighted by Crippen LogP contribution is 2.28. The zero-order chi connectivity index (χ0) is 20.8. The smallest absolute Gasteiger partial charge is 0.234 e. The van der Waals surface area contributed by atoms with Crippen molar-refractivity contribution in [1.29, 1.82) is 0 Å². The molecule has 10 nitrogen and oxygen atoms in total. The van der Waals surface area contributed by atoms with E-state index in [0.717, 1.165) is 0 Å². The van der Waals surface area contributed by atoms with E-state index in [2.05, 4.69) is 31.0 Å². The van der Waals surface area contributed by atoms with E-state index >= 15 is 0 Å². The number of hydrogen-bond acceptors (Lipinski definition) is 12. The van der Waals surface area contributed by atoms with Crippen LogP contribution in [0.15, 0.2) is 26.9 Å². The number of thioether (sulfide) groups is 2. The number of nitrogens with one attached hydrogen (secondary N) is 2. The van der Waals surface area contributed by atoms with Crippen molar-refractivity contribution in [3.05, 3.63) is 23.2 Å². The van der Waals surface area contributed by atoms with Gasteiger partial charge in [0, 0.05) is 5.69 Å². The molecule has 0 aliphatic rings. The third kappa shape index (κ3) is 6.71. The number of aromatic nitrogens is 4. The second-order valence-corrected chi connectivity index (χ2v) is 10.1. The number of amides is 2. The van der Waals surface area contributed by atoms with Gasteiger partial charge in [0.15, 0.2) is 8.68 Å². The monoisotopic (exact) mass is 488 g/mol. The quantitative estimate of drug-likeness (QED) is 0.346. The molecule has 15 heteroatoms. The predicted octanol–water partition coefficient (Wildman–Crippen LogP) is 2.67. The number of nitrogen functional groups attached to an aromatic ring is 2. The van der Waals surface area contributed by atoms with E-state index in [1.54, 1.807) is 18.2 Å². The lowest BCUT2D eigenvalue weighted by molar-refractivity contribution is -0.114. The minimum atomic E-state index is -0.254. The van der Waals surface area contributed by atoms with Gasteiger partial charge in [0.05, 0.1) is 22.2 Å². The number of halogens is 1. The van der Waals surface area contributed by atoms with Crippen LogP contribution in [0.5, 0.6) is 0 Å². The molecule has 0 saturated heterocycles. The zero-order valence-corrected chi connectivity index (χ0v) is 18.4. The molecule has 3 aromatic rings. The Morgan fingerprint density at radius 3 is 1.97 bits per heavy atom. The normalized spacial score (nSPS) is 10.7. The number of anilines is 4. The fraction of sp³-hybridized carbons (Fsp3) is 0.143. The lowest BCUT2D eigenvalue weighted by atomic mass is 10.2. The van der Waals surface area contributed by atoms with Gasteiger partial charge in [-0.15, -0.1) is 20.4 Å². The third-order valence-corrected chi connectivity index (χ3v) is 7.11. The van der Waals surface area contributed by atoms with Crippen molar-refractivity contribution >= 4 is 91.3 Å². The van der Waals surface area contributed by atoms with Crippen LogP contribution >= 0.6 is 57.8 Å². The van der Waals surface area contributed by atoms with E-state index in [1.165, 1.54) is 46.2 Å². The molecule has 0 saturated carbocycles. The van der Waals surface area contributed by atoms with E-state index < -0.39 is 0 Å². The highest BCUT2D eigenvalue weighted by atomic mass is 35.5. The molecule has 0 spiro atoms. The Bertz CT molecular complexity index is 1030. The maximum atomic E-state index is 12.1. The van der Waals surface area contributed by atoms with E-state index in [-0.39, 0.29) is 23.3 Å². The summed E-state index contributed by atoms with van der Waals surface area (Å²) in [6, 6.07) is 4.81. The summed E-state index contributed by atoms with van der Waals surface area (Å²) >= 11 is 11.1. The summed E-state index contributed by atoms with van der Waals surface area (Å²) in [5, 5.41) is 21.5. The first kappa shape index (κ1) is 21.6. The first-order chi connectivity index (χ1) is 13.9. The van der Waals surface area contributed by atoms with Crippen LogP contribution in [0.2, 0.25) is 5.02 Å². The molecule has 0 aliphatic carbocycles. The van der Waals surface area contributed by atoms with Crippen LogP contribution in [0.1, 0.15) is 0 Å². The van der Waals surface area contributed by atoms with Gasteiger partial charge in [-0.1, -0.05) is 57.8 Å². The van der Waals surface area contributed by atoms with E-state index in [0.29, 0.717) is 35.3 Å². The van der Waals surface area contributed by atoms with Crippen LogP contribution in [-0.4, -0.2) is 43.7 Å². The Balaban J connectivity index is 1.48. The van der Waals surface area contributed by atoms with E-state index in [1.807, 2.05) is 0 Å². The van der Waals surface area contributed by atoms with Crippen molar-refractivity contribution in [2.75, 3.05) is 33.6 Å². The van der Waals surface area contributed by atoms with Crippen LogP contribution in [0.3, 0.4) is 0 Å². The van der Waals surface area contributed by atoms with E-state index in [4.69, 9.17) is 23.1 Å². The molecule has 3 rings (SSSR count). The molecule has 1 aromatic carbocycles. The summed E-state index contributed by atoms with van der Waals surface area (Å²) in [5.74, 6) is -0.200. The van der Waals surface area contributed by atoms with Crippen molar-refractivity contribution in [3.8, 4) is 0 Å². The molecule has 2 heterocycles. The minimum Gasteiger partial charge on any atom is -0.374 e. The molecular formula is C14H13ClN8O2S4. The average Bonchev–Trinajstić information content (AvgIpc) is 3.28. The van der Waals surface area contributed by atoms with Crippen LogP contribution in [0.4, 0.5) is 21.6 Å². The first-order valence-corrected chi connectivity index (χ1v) is 11.7. The molecule has 152 valence electrons. The first-order valence-electron chi connectivity index (χ1n) is 7.72. The number of hydrogen-bond donors (Lipinski definition) is 4. The Morgan fingerprint density at radius 1 is 0.931 bits per heavy atom. The van der Waals surface area contributed by atoms with Gasteiger partial charge in [-0.2, -0.15) is 0 Å². The van der Waals surface area contributed by atoms with Crippen LogP contribution in [-0.2, 0) is 9.59 Å². The summed E-state index contributed by atoms with van der Waals surface area (Å²) in [6.07, 6.45) is 0. The fourth-order valence-electron chi connectivity index (χ4n) is 1.89. The second kappa shape index (κ2) is 10.1. The summed E-state index contributed by atoms with van der Waals surface area (Å²) in [5.41, 5.74) is 11.9. The van der Waals surface area contributed by atoms with Crippen molar-refractivity contribution in [2.45, 2.75) is 8.68 Å². The average molecular weight is 489 g/mol. The van der Waals surface area contributed by atoms with Crippen LogP contribution in [0, 0.1) is 0 Å². The van der Waals surface area contributed by atoms with Crippen molar-refractivity contribution in [3.63, 3.8) is 0 Å². The van der Waals surface area contributed by atoms with Gasteiger partial charge in [0.2, 0.25) is 22.1 Å². The molecule has 29 heavy (non-hydrogen) atoms. The minimum absolute atomic E-state index is 0.136. The molecule has 0 aliphatic heterocycles. The fourth-order valence-corrected chi connectivity index (χ4v) is 4.99. The highest BCUT2D eigenvalue weighted by Gasteiger charge is 2.11. The summed E-state index contributed by atoms with van der Waals surface area (Å²) in [4.78, 5) is 24.1. The lowest BCUT2D eigenvalue weighted by Crippen LogP contribution is -2.15. The lowest BCUT2D eigenvalue weighted by Gasteiger charge is -2.09. The Labute approximate surface area is 186 Å². The summed E-state index contributed by atoms with van der Waals surface area (Å²) in [6.45, 7) is 0. The molecule has 0 unspecified atom stereocenters. The SMILES string of the molecule is Nc1nnc(SCC(=O)Nc2ccc(NC(=O)CSc3nnc(N)s3)c(Cl)c2)s1. The van der Waals surface area contributed by atoms with Crippen molar-refractivity contribution in [1.82, 2.24) is 20.4 Å².